The molecular weight excluding hydrogens is 239 g/mol. The highest BCUT2D eigenvalue weighted by molar-refractivity contribution is 7.57. The van der Waals surface area contributed by atoms with Crippen LogP contribution in [0.4, 0.5) is 0 Å². The van der Waals surface area contributed by atoms with Crippen LogP contribution in [0.1, 0.15) is 19.4 Å². The van der Waals surface area contributed by atoms with Crippen molar-refractivity contribution in [2.75, 3.05) is 13.2 Å². The molecule has 0 aromatic heterocycles. The van der Waals surface area contributed by atoms with Crippen molar-refractivity contribution in [1.29, 1.82) is 0 Å². The Morgan fingerprint density at radius 3 is 2.18 bits per heavy atom. The molecule has 1 aromatic rings. The van der Waals surface area contributed by atoms with Crippen LogP contribution in [0.15, 0.2) is 30.3 Å². The van der Waals surface area contributed by atoms with Crippen LogP contribution in [0.3, 0.4) is 0 Å². The molecule has 0 saturated heterocycles. The molecule has 0 saturated carbocycles. The molecule has 0 aliphatic heterocycles. The van der Waals surface area contributed by atoms with E-state index in [1.807, 2.05) is 30.3 Å². The lowest BCUT2D eigenvalue weighted by atomic mass is 10.2. The Balaban J connectivity index is 2.72. The topological polar surface area (TPSA) is 55.8 Å². The Bertz CT molecular complexity index is 356. The number of hydrogen-bond acceptors (Lipinski definition) is 4. The number of aliphatic hydroxyl groups excluding tert-OH is 1. The van der Waals surface area contributed by atoms with Gasteiger partial charge in [0.05, 0.1) is 13.2 Å². The van der Waals surface area contributed by atoms with E-state index >= 15 is 0 Å². The van der Waals surface area contributed by atoms with Crippen molar-refractivity contribution in [3.63, 3.8) is 0 Å². The van der Waals surface area contributed by atoms with E-state index in [4.69, 9.17) is 9.05 Å². The minimum atomic E-state index is -3.50. The van der Waals surface area contributed by atoms with Crippen LogP contribution in [0, 0.1) is 5.85 Å². The van der Waals surface area contributed by atoms with Gasteiger partial charge in [-0.3, -0.25) is 4.57 Å². The normalized spacial score (nSPS) is 12.0. The van der Waals surface area contributed by atoms with Gasteiger partial charge in [-0.1, -0.05) is 30.3 Å². The highest BCUT2D eigenvalue weighted by Crippen LogP contribution is 2.57. The molecule has 0 fully saturated rings. The molecule has 0 bridgehead atoms. The van der Waals surface area contributed by atoms with E-state index in [0.717, 1.165) is 5.56 Å². The fourth-order valence-corrected chi connectivity index (χ4v) is 2.83. The summed E-state index contributed by atoms with van der Waals surface area (Å²) in [6.45, 7) is 3.88. The molecule has 0 amide bonds. The van der Waals surface area contributed by atoms with E-state index in [9.17, 15) is 9.67 Å². The molecule has 0 atom stereocenters. The Labute approximate surface area is 102 Å². The summed E-state index contributed by atoms with van der Waals surface area (Å²) in [7, 11) is -3.50. The zero-order valence-electron chi connectivity index (χ0n) is 10.1. The van der Waals surface area contributed by atoms with Gasteiger partial charge in [0.25, 0.3) is 0 Å². The quantitative estimate of drug-likeness (QED) is 0.761. The summed E-state index contributed by atoms with van der Waals surface area (Å²) in [6, 6.07) is 9.28. The first-order valence-corrected chi connectivity index (χ1v) is 7.15. The molecule has 4 nitrogen and oxygen atoms in total. The third-order valence-corrected chi connectivity index (χ3v) is 4.11. The zero-order chi connectivity index (χ0) is 12.7. The smallest absolute Gasteiger partial charge is 0.366 e. The number of rotatable bonds is 7. The second kappa shape index (κ2) is 6.92. The predicted octanol–water partition coefficient (Wildman–Crippen LogP) is 3.36. The average molecular weight is 257 g/mol. The largest absolute Gasteiger partial charge is 0.374 e. The molecular formula is C12H18O4P. The van der Waals surface area contributed by atoms with E-state index < -0.39 is 7.60 Å². The van der Waals surface area contributed by atoms with Gasteiger partial charge in [-0.2, -0.15) is 0 Å². The maximum atomic E-state index is 12.2. The maximum Gasteiger partial charge on any atom is 0.366 e. The molecule has 1 N–H and O–H groups in total. The fraction of sp³-hybridized carbons (Fsp3) is 0.417. The molecule has 1 radical (unpaired) electrons. The summed E-state index contributed by atoms with van der Waals surface area (Å²) in [5.74, 6) is -0.243. The molecule has 0 spiro atoms. The number of hydrogen-bond donors (Lipinski definition) is 1. The second-order valence-corrected chi connectivity index (χ2v) is 5.44. The molecule has 95 valence electrons. The van der Waals surface area contributed by atoms with E-state index in [1.165, 1.54) is 0 Å². The summed E-state index contributed by atoms with van der Waals surface area (Å²) in [6.07, 6.45) is 0.179. The van der Waals surface area contributed by atoms with Gasteiger partial charge in [0.15, 0.2) is 0 Å². The average Bonchev–Trinajstić information content (AvgIpc) is 2.31. The van der Waals surface area contributed by atoms with Crippen LogP contribution in [-0.4, -0.2) is 18.3 Å². The zero-order valence-corrected chi connectivity index (χ0v) is 11.0. The molecule has 0 aliphatic carbocycles. The fourth-order valence-electron chi connectivity index (χ4n) is 1.40. The summed E-state index contributed by atoms with van der Waals surface area (Å²) in [5.41, 5.74) is 0.865. The van der Waals surface area contributed by atoms with Crippen molar-refractivity contribution >= 4 is 7.60 Å². The van der Waals surface area contributed by atoms with Gasteiger partial charge < -0.3 is 14.2 Å². The first kappa shape index (κ1) is 14.4. The van der Waals surface area contributed by atoms with Crippen LogP contribution < -0.4 is 0 Å². The molecule has 0 aliphatic rings. The maximum absolute atomic E-state index is 12.2. The van der Waals surface area contributed by atoms with Gasteiger partial charge in [-0.25, -0.2) is 0 Å². The molecule has 1 rings (SSSR count). The third kappa shape index (κ3) is 4.25. The van der Waals surface area contributed by atoms with Gasteiger partial charge in [0.1, 0.15) is 0 Å². The molecule has 0 unspecified atom stereocenters. The highest BCUT2D eigenvalue weighted by atomic mass is 31.2. The van der Waals surface area contributed by atoms with Crippen molar-refractivity contribution in [3.05, 3.63) is 41.7 Å². The summed E-state index contributed by atoms with van der Waals surface area (Å²) in [5, 5.41) is 9.89. The first-order valence-electron chi connectivity index (χ1n) is 5.60. The van der Waals surface area contributed by atoms with Gasteiger partial charge in [0.2, 0.25) is 5.85 Å². The van der Waals surface area contributed by atoms with Crippen molar-refractivity contribution in [2.45, 2.75) is 20.3 Å². The lowest BCUT2D eigenvalue weighted by Gasteiger charge is -2.21. The van der Waals surface area contributed by atoms with E-state index in [0.29, 0.717) is 0 Å². The van der Waals surface area contributed by atoms with Crippen LogP contribution in [0.2, 0.25) is 0 Å². The van der Waals surface area contributed by atoms with Crippen LogP contribution in [-0.2, 0) is 20.0 Å². The predicted molar refractivity (Wildman–Crippen MR) is 66.2 cm³/mol. The highest BCUT2D eigenvalue weighted by Gasteiger charge is 2.35. The van der Waals surface area contributed by atoms with E-state index in [-0.39, 0.29) is 25.5 Å². The minimum absolute atomic E-state index is 0.179. The lowest BCUT2D eigenvalue weighted by molar-refractivity contribution is 0.190. The number of aliphatic hydroxyl groups is 1. The Morgan fingerprint density at radius 2 is 1.71 bits per heavy atom. The van der Waals surface area contributed by atoms with E-state index in [2.05, 4.69) is 0 Å². The monoisotopic (exact) mass is 257 g/mol. The standard InChI is InChI=1S/C12H18O4P/c1-3-15-17(14,16-4-2)12(13)10-11-8-6-5-7-9-11/h5-9,13H,3-4,10H2,1-2H3. The first-order chi connectivity index (χ1) is 8.12. The molecule has 0 heterocycles. The molecule has 5 heteroatoms. The van der Waals surface area contributed by atoms with Crippen molar-refractivity contribution in [1.82, 2.24) is 0 Å². The van der Waals surface area contributed by atoms with Crippen LogP contribution in [0.25, 0.3) is 0 Å². The van der Waals surface area contributed by atoms with E-state index in [1.54, 1.807) is 13.8 Å². The summed E-state index contributed by atoms with van der Waals surface area (Å²) < 4.78 is 22.3. The van der Waals surface area contributed by atoms with Gasteiger partial charge >= 0.3 is 7.60 Å². The Hall–Kier alpha value is -0.670. The van der Waals surface area contributed by atoms with Crippen molar-refractivity contribution < 1.29 is 18.7 Å². The van der Waals surface area contributed by atoms with Crippen molar-refractivity contribution in [3.8, 4) is 0 Å². The lowest BCUT2D eigenvalue weighted by Crippen LogP contribution is -2.08. The van der Waals surface area contributed by atoms with Crippen molar-refractivity contribution in [2.24, 2.45) is 0 Å². The van der Waals surface area contributed by atoms with Crippen LogP contribution >= 0.6 is 7.60 Å². The second-order valence-electron chi connectivity index (χ2n) is 3.41. The SMILES string of the molecule is CCOP(=O)(OCC)[C](O)Cc1ccccc1. The van der Waals surface area contributed by atoms with Gasteiger partial charge in [0, 0.05) is 6.42 Å². The summed E-state index contributed by atoms with van der Waals surface area (Å²) >= 11 is 0. The minimum Gasteiger partial charge on any atom is -0.374 e. The van der Waals surface area contributed by atoms with Crippen LogP contribution in [0.5, 0.6) is 0 Å². The number of benzene rings is 1. The van der Waals surface area contributed by atoms with Gasteiger partial charge in [-0.05, 0) is 19.4 Å². The molecule has 17 heavy (non-hydrogen) atoms. The molecule has 1 aromatic carbocycles. The van der Waals surface area contributed by atoms with Gasteiger partial charge in [-0.15, -0.1) is 0 Å². The Kier molecular flexibility index (Phi) is 5.86. The Morgan fingerprint density at radius 1 is 1.18 bits per heavy atom. The third-order valence-electron chi connectivity index (χ3n) is 2.12. The summed E-state index contributed by atoms with van der Waals surface area (Å²) in [4.78, 5) is 0.